The number of hydrogen-bond donors (Lipinski definition) is 2. The molecule has 4 heteroatoms. The van der Waals surface area contributed by atoms with Gasteiger partial charge in [-0.25, -0.2) is 0 Å². The lowest BCUT2D eigenvalue weighted by Gasteiger charge is -2.13. The minimum atomic E-state index is -0.229. The normalized spacial score (nSPS) is 14.1. The van der Waals surface area contributed by atoms with Crippen LogP contribution in [-0.2, 0) is 12.8 Å². The molecule has 2 aromatic rings. The summed E-state index contributed by atoms with van der Waals surface area (Å²) in [6, 6.07) is 13.2. The molecule has 0 saturated carbocycles. The van der Waals surface area contributed by atoms with Crippen LogP contribution in [0.5, 0.6) is 5.75 Å². The number of halogens is 1. The molecule has 0 spiro atoms. The first-order valence-corrected chi connectivity index (χ1v) is 7.29. The predicted molar refractivity (Wildman–Crippen MR) is 80.9 cm³/mol. The van der Waals surface area contributed by atoms with E-state index in [9.17, 15) is 9.90 Å². The Labute approximate surface area is 125 Å². The maximum absolute atomic E-state index is 12.2. The molecule has 2 N–H and O–H groups in total. The number of rotatable bonds is 2. The van der Waals surface area contributed by atoms with E-state index in [2.05, 4.69) is 33.4 Å². The summed E-state index contributed by atoms with van der Waals surface area (Å²) in [5.41, 5.74) is 2.89. The summed E-state index contributed by atoms with van der Waals surface area (Å²) in [5, 5.41) is 12.8. The van der Waals surface area contributed by atoms with Gasteiger partial charge in [-0.05, 0) is 42.2 Å². The zero-order valence-corrected chi connectivity index (χ0v) is 12.4. The van der Waals surface area contributed by atoms with E-state index in [1.165, 1.54) is 17.2 Å². The van der Waals surface area contributed by atoms with Gasteiger partial charge in [-0.15, -0.1) is 0 Å². The number of phenolic OH excluding ortho intramolecular Hbond substituents is 1. The van der Waals surface area contributed by atoms with E-state index in [1.807, 2.05) is 12.1 Å². The summed E-state index contributed by atoms with van der Waals surface area (Å²) < 4.78 is 0.750. The van der Waals surface area contributed by atoms with Crippen molar-refractivity contribution in [2.75, 3.05) is 0 Å². The highest BCUT2D eigenvalue weighted by Gasteiger charge is 2.23. The minimum absolute atomic E-state index is 0.00705. The van der Waals surface area contributed by atoms with Crippen molar-refractivity contribution >= 4 is 21.8 Å². The van der Waals surface area contributed by atoms with E-state index in [0.29, 0.717) is 5.56 Å². The number of benzene rings is 2. The van der Waals surface area contributed by atoms with Crippen LogP contribution < -0.4 is 5.32 Å². The third-order valence-corrected chi connectivity index (χ3v) is 4.08. The molecule has 3 nitrogen and oxygen atoms in total. The van der Waals surface area contributed by atoms with Crippen LogP contribution in [0.3, 0.4) is 0 Å². The molecule has 0 fully saturated rings. The number of amides is 1. The Hall–Kier alpha value is -1.81. The summed E-state index contributed by atoms with van der Waals surface area (Å²) >= 11 is 3.26. The molecule has 3 rings (SSSR count). The largest absolute Gasteiger partial charge is 0.507 e. The molecular formula is C16H14BrNO2. The van der Waals surface area contributed by atoms with Crippen molar-refractivity contribution in [3.8, 4) is 5.75 Å². The first-order valence-electron chi connectivity index (χ1n) is 6.49. The molecule has 0 aliphatic heterocycles. The van der Waals surface area contributed by atoms with E-state index >= 15 is 0 Å². The van der Waals surface area contributed by atoms with Gasteiger partial charge >= 0.3 is 0 Å². The molecule has 0 atom stereocenters. The van der Waals surface area contributed by atoms with Crippen LogP contribution in [0, 0.1) is 0 Å². The Morgan fingerprint density at radius 3 is 2.40 bits per heavy atom. The lowest BCUT2D eigenvalue weighted by molar-refractivity contribution is 0.0936. The van der Waals surface area contributed by atoms with Gasteiger partial charge in [-0.3, -0.25) is 4.79 Å². The van der Waals surface area contributed by atoms with Gasteiger partial charge < -0.3 is 10.4 Å². The maximum atomic E-state index is 12.2. The van der Waals surface area contributed by atoms with E-state index < -0.39 is 0 Å². The van der Waals surface area contributed by atoms with E-state index in [4.69, 9.17) is 0 Å². The summed E-state index contributed by atoms with van der Waals surface area (Å²) in [7, 11) is 0. The van der Waals surface area contributed by atoms with Crippen LogP contribution >= 0.6 is 15.9 Å². The Bertz CT molecular complexity index is 644. The molecule has 0 heterocycles. The highest BCUT2D eigenvalue weighted by atomic mass is 79.9. The second kappa shape index (κ2) is 5.29. The number of carbonyl (C=O) groups is 1. The molecule has 102 valence electrons. The Morgan fingerprint density at radius 1 is 1.15 bits per heavy atom. The predicted octanol–water partition coefficient (Wildman–Crippen LogP) is 3.05. The standard InChI is InChI=1S/C16H14BrNO2/c17-12-5-6-14(15(19)9-12)16(20)18-13-7-10-3-1-2-4-11(10)8-13/h1-6,9,13,19H,7-8H2,(H,18,20). The van der Waals surface area contributed by atoms with Crippen molar-refractivity contribution in [1.29, 1.82) is 0 Å². The number of fused-ring (bicyclic) bond motifs is 1. The number of nitrogens with one attached hydrogen (secondary N) is 1. The lowest BCUT2D eigenvalue weighted by atomic mass is 10.1. The van der Waals surface area contributed by atoms with Gasteiger partial charge in [0.25, 0.3) is 5.91 Å². The molecule has 1 amide bonds. The average Bonchev–Trinajstić information content (AvgIpc) is 2.80. The number of aromatic hydroxyl groups is 1. The third-order valence-electron chi connectivity index (χ3n) is 3.59. The van der Waals surface area contributed by atoms with E-state index in [0.717, 1.165) is 17.3 Å². The first-order chi connectivity index (χ1) is 9.63. The quantitative estimate of drug-likeness (QED) is 0.888. The van der Waals surface area contributed by atoms with Gasteiger partial charge in [0, 0.05) is 10.5 Å². The highest BCUT2D eigenvalue weighted by Crippen LogP contribution is 2.24. The van der Waals surface area contributed by atoms with Crippen LogP contribution in [-0.4, -0.2) is 17.1 Å². The van der Waals surface area contributed by atoms with Crippen molar-refractivity contribution in [2.24, 2.45) is 0 Å². The zero-order valence-electron chi connectivity index (χ0n) is 10.8. The molecule has 0 radical (unpaired) electrons. The first kappa shape index (κ1) is 13.2. The fraction of sp³-hybridized carbons (Fsp3) is 0.188. The van der Waals surface area contributed by atoms with E-state index in [1.54, 1.807) is 12.1 Å². The van der Waals surface area contributed by atoms with Crippen LogP contribution in [0.1, 0.15) is 21.5 Å². The molecular weight excluding hydrogens is 318 g/mol. The number of hydrogen-bond acceptors (Lipinski definition) is 2. The Balaban J connectivity index is 1.72. The van der Waals surface area contributed by atoms with Gasteiger partial charge in [0.15, 0.2) is 0 Å². The average molecular weight is 332 g/mol. The second-order valence-corrected chi connectivity index (χ2v) is 5.92. The number of carbonyl (C=O) groups excluding carboxylic acids is 1. The Kier molecular flexibility index (Phi) is 3.49. The second-order valence-electron chi connectivity index (χ2n) is 5.01. The van der Waals surface area contributed by atoms with Crippen molar-refractivity contribution in [3.63, 3.8) is 0 Å². The summed E-state index contributed by atoms with van der Waals surface area (Å²) in [6.07, 6.45) is 1.69. The summed E-state index contributed by atoms with van der Waals surface area (Å²) in [4.78, 5) is 12.2. The SMILES string of the molecule is O=C(NC1Cc2ccccc2C1)c1ccc(Br)cc1O. The molecule has 1 aliphatic rings. The molecule has 20 heavy (non-hydrogen) atoms. The number of phenols is 1. The monoisotopic (exact) mass is 331 g/mol. The van der Waals surface area contributed by atoms with Crippen molar-refractivity contribution in [2.45, 2.75) is 18.9 Å². The zero-order chi connectivity index (χ0) is 14.1. The van der Waals surface area contributed by atoms with Crippen molar-refractivity contribution in [1.82, 2.24) is 5.32 Å². The lowest BCUT2D eigenvalue weighted by Crippen LogP contribution is -2.35. The Morgan fingerprint density at radius 2 is 1.80 bits per heavy atom. The van der Waals surface area contributed by atoms with Crippen LogP contribution in [0.25, 0.3) is 0 Å². The fourth-order valence-corrected chi connectivity index (χ4v) is 2.97. The van der Waals surface area contributed by atoms with E-state index in [-0.39, 0.29) is 17.7 Å². The summed E-state index contributed by atoms with van der Waals surface area (Å²) in [5.74, 6) is -0.236. The maximum Gasteiger partial charge on any atom is 0.255 e. The van der Waals surface area contributed by atoms with Crippen LogP contribution in [0.4, 0.5) is 0 Å². The van der Waals surface area contributed by atoms with Gasteiger partial charge in [0.05, 0.1) is 5.56 Å². The topological polar surface area (TPSA) is 49.3 Å². The smallest absolute Gasteiger partial charge is 0.255 e. The fourth-order valence-electron chi connectivity index (χ4n) is 2.62. The van der Waals surface area contributed by atoms with Gasteiger partial charge in [0.1, 0.15) is 5.75 Å². The van der Waals surface area contributed by atoms with Crippen molar-refractivity contribution in [3.05, 3.63) is 63.6 Å². The third kappa shape index (κ3) is 2.56. The molecule has 0 bridgehead atoms. The van der Waals surface area contributed by atoms with Crippen LogP contribution in [0.2, 0.25) is 0 Å². The summed E-state index contributed by atoms with van der Waals surface area (Å²) in [6.45, 7) is 0. The minimum Gasteiger partial charge on any atom is -0.507 e. The highest BCUT2D eigenvalue weighted by molar-refractivity contribution is 9.10. The van der Waals surface area contributed by atoms with Crippen molar-refractivity contribution < 1.29 is 9.90 Å². The molecule has 0 saturated heterocycles. The van der Waals surface area contributed by atoms with Gasteiger partial charge in [-0.1, -0.05) is 40.2 Å². The molecule has 2 aromatic carbocycles. The van der Waals surface area contributed by atoms with Gasteiger partial charge in [-0.2, -0.15) is 0 Å². The molecule has 1 aliphatic carbocycles. The molecule has 0 unspecified atom stereocenters. The van der Waals surface area contributed by atoms with Crippen LogP contribution in [0.15, 0.2) is 46.9 Å². The molecule has 0 aromatic heterocycles. The van der Waals surface area contributed by atoms with Gasteiger partial charge in [0.2, 0.25) is 0 Å².